The van der Waals surface area contributed by atoms with Crippen LogP contribution in [0, 0.1) is 0 Å². The number of nitrogens with zero attached hydrogens (tertiary/aromatic N) is 2. The van der Waals surface area contributed by atoms with Gasteiger partial charge in [-0.1, -0.05) is 25.3 Å². The van der Waals surface area contributed by atoms with Gasteiger partial charge < -0.3 is 14.2 Å². The molecule has 2 N–H and O–H groups in total. The number of benzene rings is 2. The van der Waals surface area contributed by atoms with Gasteiger partial charge in [-0.15, -0.1) is 22.7 Å². The van der Waals surface area contributed by atoms with Crippen LogP contribution in [-0.2, 0) is 14.2 Å². The molecule has 2 aromatic carbocycles. The summed E-state index contributed by atoms with van der Waals surface area (Å²) in [4.78, 5) is 56.9. The third-order valence-electron chi connectivity index (χ3n) is 5.03. The van der Waals surface area contributed by atoms with E-state index in [0.29, 0.717) is 32.5 Å². The topological polar surface area (TPSA) is 146 Å². The first-order valence-corrected chi connectivity index (χ1v) is 13.6. The van der Waals surface area contributed by atoms with E-state index in [1.165, 1.54) is 45.6 Å². The van der Waals surface area contributed by atoms with Gasteiger partial charge in [0.15, 0.2) is 11.4 Å². The Morgan fingerprint density at radius 2 is 1.07 bits per heavy atom. The molecular formula is C28H22N4O7S2. The zero-order valence-electron chi connectivity index (χ0n) is 21.3. The molecule has 13 heteroatoms. The largest absolute Gasteiger partial charge is 0.445 e. The lowest BCUT2D eigenvalue weighted by molar-refractivity contribution is 0.0390. The molecule has 0 bridgehead atoms. The molecule has 0 fully saturated rings. The van der Waals surface area contributed by atoms with Crippen LogP contribution in [0.1, 0.15) is 21.0 Å². The molecule has 208 valence electrons. The minimum atomic E-state index is -0.908. The highest BCUT2D eigenvalue weighted by molar-refractivity contribution is 7.13. The standard InChI is InChI=1S/C28H22N4O7S2/c1-3-13-37-27(35)29-19-9-5-17(6-10-19)23-31-21(15-40-23)25(33)39-26(34)22-16-41-24(32-22)18-7-11-20(12-8-18)30-28(36)38-14-4-2/h3-12,15-16H,1-2,13-14H2,(H,29,35)(H,30,36). The summed E-state index contributed by atoms with van der Waals surface area (Å²) in [6.45, 7) is 7.15. The third kappa shape index (κ3) is 7.94. The lowest BCUT2D eigenvalue weighted by Gasteiger charge is -2.05. The van der Waals surface area contributed by atoms with Gasteiger partial charge in [0.2, 0.25) is 0 Å². The Balaban J connectivity index is 1.33. The average molecular weight is 591 g/mol. The van der Waals surface area contributed by atoms with E-state index < -0.39 is 24.1 Å². The van der Waals surface area contributed by atoms with Crippen molar-refractivity contribution in [2.45, 2.75) is 0 Å². The van der Waals surface area contributed by atoms with Crippen LogP contribution >= 0.6 is 22.7 Å². The third-order valence-corrected chi connectivity index (χ3v) is 6.82. The quantitative estimate of drug-likeness (QED) is 0.0927. The van der Waals surface area contributed by atoms with Crippen LogP contribution in [0.5, 0.6) is 0 Å². The molecule has 0 atom stereocenters. The second-order valence-electron chi connectivity index (χ2n) is 7.93. The summed E-state index contributed by atoms with van der Waals surface area (Å²) in [5.74, 6) is -1.82. The fourth-order valence-electron chi connectivity index (χ4n) is 3.16. The summed E-state index contributed by atoms with van der Waals surface area (Å²) < 4.78 is 14.7. The number of carbonyl (C=O) groups excluding carboxylic acids is 4. The monoisotopic (exact) mass is 590 g/mol. The Labute approximate surface area is 242 Å². The van der Waals surface area contributed by atoms with Crippen molar-refractivity contribution >= 4 is 58.2 Å². The van der Waals surface area contributed by atoms with Crippen LogP contribution in [0.15, 0.2) is 84.6 Å². The molecule has 11 nitrogen and oxygen atoms in total. The molecule has 2 heterocycles. The summed E-state index contributed by atoms with van der Waals surface area (Å²) in [7, 11) is 0. The van der Waals surface area contributed by atoms with Crippen LogP contribution in [-0.4, -0.2) is 47.3 Å². The molecule has 2 aromatic heterocycles. The summed E-state index contributed by atoms with van der Waals surface area (Å²) in [5.41, 5.74) is 2.37. The number of nitrogens with one attached hydrogen (secondary N) is 2. The normalized spacial score (nSPS) is 10.2. The summed E-state index contributed by atoms with van der Waals surface area (Å²) in [5, 5.41) is 9.17. The van der Waals surface area contributed by atoms with E-state index in [0.717, 1.165) is 0 Å². The van der Waals surface area contributed by atoms with E-state index in [-0.39, 0.29) is 24.6 Å². The van der Waals surface area contributed by atoms with Gasteiger partial charge in [-0.3, -0.25) is 10.6 Å². The Morgan fingerprint density at radius 1 is 0.683 bits per heavy atom. The Kier molecular flexibility index (Phi) is 9.70. The number of hydrogen-bond donors (Lipinski definition) is 2. The number of thiazole rings is 2. The van der Waals surface area contributed by atoms with Gasteiger partial charge in [-0.2, -0.15) is 0 Å². The zero-order chi connectivity index (χ0) is 29.2. The Bertz CT molecular complexity index is 1460. The van der Waals surface area contributed by atoms with Gasteiger partial charge in [-0.25, -0.2) is 29.1 Å². The van der Waals surface area contributed by atoms with Crippen molar-refractivity contribution in [3.05, 3.63) is 96.0 Å². The van der Waals surface area contributed by atoms with Gasteiger partial charge in [0.1, 0.15) is 23.2 Å². The SMILES string of the molecule is C=CCOC(=O)Nc1ccc(-c2nc(C(=O)OC(=O)c3csc(-c4ccc(NC(=O)OCC=C)cc4)n3)cs2)cc1. The minimum Gasteiger partial charge on any atom is -0.445 e. The number of rotatable bonds is 10. The molecular weight excluding hydrogens is 568 g/mol. The average Bonchev–Trinajstić information content (AvgIpc) is 3.67. The van der Waals surface area contributed by atoms with E-state index in [9.17, 15) is 19.2 Å². The molecule has 0 aliphatic carbocycles. The summed E-state index contributed by atoms with van der Waals surface area (Å²) in [6.07, 6.45) is 1.71. The number of ether oxygens (including phenoxy) is 3. The van der Waals surface area contributed by atoms with Crippen LogP contribution in [0.2, 0.25) is 0 Å². The molecule has 4 rings (SSSR count). The van der Waals surface area contributed by atoms with Gasteiger partial charge >= 0.3 is 24.1 Å². The fourth-order valence-corrected chi connectivity index (χ4v) is 4.75. The van der Waals surface area contributed by atoms with Gasteiger partial charge in [-0.05, 0) is 48.5 Å². The van der Waals surface area contributed by atoms with Crippen LogP contribution in [0.3, 0.4) is 0 Å². The minimum absolute atomic E-state index is 0.0290. The highest BCUT2D eigenvalue weighted by Crippen LogP contribution is 2.27. The van der Waals surface area contributed by atoms with Crippen molar-refractivity contribution in [1.29, 1.82) is 0 Å². The predicted molar refractivity (Wildman–Crippen MR) is 155 cm³/mol. The highest BCUT2D eigenvalue weighted by atomic mass is 32.1. The van der Waals surface area contributed by atoms with Gasteiger partial charge in [0.05, 0.1) is 0 Å². The molecule has 4 aromatic rings. The lowest BCUT2D eigenvalue weighted by Crippen LogP contribution is -2.13. The van der Waals surface area contributed by atoms with Crippen molar-refractivity contribution in [2.24, 2.45) is 0 Å². The van der Waals surface area contributed by atoms with Gasteiger partial charge in [0, 0.05) is 33.3 Å². The maximum atomic E-state index is 12.6. The van der Waals surface area contributed by atoms with E-state index in [1.807, 2.05) is 0 Å². The molecule has 0 saturated heterocycles. The molecule has 0 aliphatic heterocycles. The van der Waals surface area contributed by atoms with Crippen molar-refractivity contribution < 1.29 is 33.4 Å². The first kappa shape index (κ1) is 28.9. The second kappa shape index (κ2) is 13.8. The number of anilines is 2. The number of esters is 2. The van der Waals surface area contributed by atoms with Crippen LogP contribution in [0.4, 0.5) is 21.0 Å². The number of hydrogen-bond acceptors (Lipinski definition) is 11. The van der Waals surface area contributed by atoms with Crippen LogP contribution < -0.4 is 10.6 Å². The fraction of sp³-hybridized carbons (Fsp3) is 0.0714. The summed E-state index contributed by atoms with van der Waals surface area (Å²) in [6, 6.07) is 13.5. The molecule has 0 aliphatic rings. The van der Waals surface area contributed by atoms with Gasteiger partial charge in [0.25, 0.3) is 0 Å². The first-order chi connectivity index (χ1) is 19.9. The van der Waals surface area contributed by atoms with Crippen molar-refractivity contribution in [2.75, 3.05) is 23.8 Å². The molecule has 41 heavy (non-hydrogen) atoms. The molecule has 0 radical (unpaired) electrons. The van der Waals surface area contributed by atoms with E-state index in [1.54, 1.807) is 48.5 Å². The number of aromatic nitrogens is 2. The van der Waals surface area contributed by atoms with E-state index >= 15 is 0 Å². The maximum Gasteiger partial charge on any atom is 0.411 e. The predicted octanol–water partition coefficient (Wildman–Crippen LogP) is 6.40. The van der Waals surface area contributed by atoms with E-state index in [2.05, 4.69) is 33.8 Å². The lowest BCUT2D eigenvalue weighted by atomic mass is 10.2. The number of amides is 2. The zero-order valence-corrected chi connectivity index (χ0v) is 23.0. The first-order valence-electron chi connectivity index (χ1n) is 11.8. The molecule has 2 amide bonds. The van der Waals surface area contributed by atoms with Crippen molar-refractivity contribution in [3.63, 3.8) is 0 Å². The van der Waals surface area contributed by atoms with Crippen molar-refractivity contribution in [3.8, 4) is 21.1 Å². The van der Waals surface area contributed by atoms with E-state index in [4.69, 9.17) is 14.2 Å². The highest BCUT2D eigenvalue weighted by Gasteiger charge is 2.21. The molecule has 0 saturated carbocycles. The summed E-state index contributed by atoms with van der Waals surface area (Å²) >= 11 is 2.39. The Morgan fingerprint density at radius 3 is 1.44 bits per heavy atom. The van der Waals surface area contributed by atoms with Crippen molar-refractivity contribution in [1.82, 2.24) is 9.97 Å². The van der Waals surface area contributed by atoms with Crippen LogP contribution in [0.25, 0.3) is 21.1 Å². The second-order valence-corrected chi connectivity index (χ2v) is 9.65. The molecule has 0 unspecified atom stereocenters. The smallest absolute Gasteiger partial charge is 0.411 e. The Hall–Kier alpha value is -5.14. The number of carbonyl (C=O) groups is 4. The maximum absolute atomic E-state index is 12.6. The molecule has 0 spiro atoms.